The number of amides is 2. The van der Waals surface area contributed by atoms with Gasteiger partial charge in [-0.3, -0.25) is 0 Å². The number of hydrogen-bond acceptors (Lipinski definition) is 1. The molecule has 16 heavy (non-hydrogen) atoms. The molecule has 0 bridgehead atoms. The van der Waals surface area contributed by atoms with Gasteiger partial charge in [-0.15, -0.1) is 0 Å². The Morgan fingerprint density at radius 2 is 1.50 bits per heavy atom. The summed E-state index contributed by atoms with van der Waals surface area (Å²) in [5, 5.41) is 5.89. The Morgan fingerprint density at radius 3 is 1.94 bits per heavy atom. The fourth-order valence-electron chi connectivity index (χ4n) is 3.18. The minimum absolute atomic E-state index is 0.0321. The highest BCUT2D eigenvalue weighted by molar-refractivity contribution is 5.74. The van der Waals surface area contributed by atoms with Crippen LogP contribution in [0.3, 0.4) is 0 Å². The van der Waals surface area contributed by atoms with Crippen molar-refractivity contribution in [3.8, 4) is 0 Å². The quantitative estimate of drug-likeness (QED) is 0.655. The number of carbonyl (C=O) groups excluding carboxylic acids is 1. The van der Waals surface area contributed by atoms with Crippen molar-refractivity contribution < 1.29 is 4.79 Å². The van der Waals surface area contributed by atoms with Crippen LogP contribution in [0.1, 0.15) is 48.0 Å². The van der Waals surface area contributed by atoms with Crippen molar-refractivity contribution >= 4 is 6.03 Å². The lowest BCUT2D eigenvalue weighted by Crippen LogP contribution is -2.52. The molecule has 2 amide bonds. The average Bonchev–Trinajstić information content (AvgIpc) is 2.24. The van der Waals surface area contributed by atoms with E-state index in [2.05, 4.69) is 52.2 Å². The summed E-state index contributed by atoms with van der Waals surface area (Å²) in [5.41, 5.74) is 0.467. The minimum Gasteiger partial charge on any atom is -0.338 e. The third-order valence-electron chi connectivity index (χ3n) is 4.26. The van der Waals surface area contributed by atoms with Gasteiger partial charge in [-0.1, -0.05) is 41.5 Å². The van der Waals surface area contributed by atoms with Crippen LogP contribution in [0.4, 0.5) is 4.79 Å². The second-order valence-corrected chi connectivity index (χ2v) is 6.94. The summed E-state index contributed by atoms with van der Waals surface area (Å²) in [7, 11) is 0. The monoisotopic (exact) mass is 226 g/mol. The maximum Gasteiger partial charge on any atom is 0.314 e. The molecule has 0 atom stereocenters. The number of carbonyl (C=O) groups is 1. The van der Waals surface area contributed by atoms with Crippen LogP contribution < -0.4 is 10.6 Å². The zero-order valence-corrected chi connectivity index (χ0v) is 11.5. The van der Waals surface area contributed by atoms with Gasteiger partial charge < -0.3 is 10.6 Å². The van der Waals surface area contributed by atoms with Gasteiger partial charge >= 0.3 is 6.03 Å². The van der Waals surface area contributed by atoms with E-state index in [9.17, 15) is 4.79 Å². The van der Waals surface area contributed by atoms with E-state index in [-0.39, 0.29) is 22.3 Å². The molecular weight excluding hydrogens is 200 g/mol. The fourth-order valence-corrected chi connectivity index (χ4v) is 3.18. The van der Waals surface area contributed by atoms with Crippen LogP contribution in [0, 0.1) is 16.2 Å². The second-order valence-electron chi connectivity index (χ2n) is 6.94. The third-order valence-corrected chi connectivity index (χ3v) is 4.26. The number of hydrogen-bond donors (Lipinski definition) is 2. The molecule has 2 N–H and O–H groups in total. The third kappa shape index (κ3) is 2.18. The summed E-state index contributed by atoms with van der Waals surface area (Å²) >= 11 is 0. The maximum absolute atomic E-state index is 11.4. The summed E-state index contributed by atoms with van der Waals surface area (Å²) in [6.45, 7) is 15.2. The van der Waals surface area contributed by atoms with Crippen molar-refractivity contribution in [1.29, 1.82) is 0 Å². The number of urea groups is 1. The summed E-state index contributed by atoms with van der Waals surface area (Å²) in [6, 6.07) is -0.0321. The molecule has 0 aromatic heterocycles. The van der Waals surface area contributed by atoms with Gasteiger partial charge in [0.05, 0.1) is 0 Å². The first-order valence-corrected chi connectivity index (χ1v) is 6.12. The molecule has 1 rings (SSSR count). The lowest BCUT2D eigenvalue weighted by Gasteiger charge is -2.53. The maximum atomic E-state index is 11.4. The van der Waals surface area contributed by atoms with Crippen molar-refractivity contribution in [3.05, 3.63) is 0 Å². The Morgan fingerprint density at radius 1 is 1.00 bits per heavy atom. The van der Waals surface area contributed by atoms with Crippen LogP contribution in [0.2, 0.25) is 0 Å². The molecule has 0 aromatic rings. The zero-order valence-electron chi connectivity index (χ0n) is 11.5. The molecule has 0 saturated carbocycles. The summed E-state index contributed by atoms with van der Waals surface area (Å²) < 4.78 is 0. The first-order chi connectivity index (χ1) is 7.10. The first kappa shape index (κ1) is 13.3. The normalized spacial score (nSPS) is 22.0. The van der Waals surface area contributed by atoms with E-state index in [1.807, 2.05) is 0 Å². The lowest BCUT2D eigenvalue weighted by atomic mass is 9.52. The van der Waals surface area contributed by atoms with E-state index in [0.29, 0.717) is 0 Å². The molecule has 0 radical (unpaired) electrons. The number of nitrogens with one attached hydrogen (secondary N) is 2. The SMILES string of the molecule is CC(C)(C)C1(C(C)(C)C)CCNC(=O)NC1. The largest absolute Gasteiger partial charge is 0.338 e. The molecule has 1 fully saturated rings. The molecule has 1 aliphatic rings. The van der Waals surface area contributed by atoms with E-state index in [4.69, 9.17) is 0 Å². The van der Waals surface area contributed by atoms with E-state index in [1.54, 1.807) is 0 Å². The van der Waals surface area contributed by atoms with Crippen LogP contribution in [0.25, 0.3) is 0 Å². The Kier molecular flexibility index (Phi) is 3.28. The van der Waals surface area contributed by atoms with Crippen molar-refractivity contribution in [2.75, 3.05) is 13.1 Å². The van der Waals surface area contributed by atoms with Gasteiger partial charge in [0.15, 0.2) is 0 Å². The van der Waals surface area contributed by atoms with Gasteiger partial charge in [-0.25, -0.2) is 4.79 Å². The van der Waals surface area contributed by atoms with Crippen LogP contribution in [0.5, 0.6) is 0 Å². The topological polar surface area (TPSA) is 41.1 Å². The van der Waals surface area contributed by atoms with Crippen molar-refractivity contribution in [3.63, 3.8) is 0 Å². The molecular formula is C13H26N2O. The predicted molar refractivity (Wildman–Crippen MR) is 67.4 cm³/mol. The highest BCUT2D eigenvalue weighted by Crippen LogP contribution is 2.53. The van der Waals surface area contributed by atoms with Crippen LogP contribution in [-0.4, -0.2) is 19.1 Å². The Labute approximate surface area is 99.4 Å². The minimum atomic E-state index is -0.0321. The molecule has 0 spiro atoms. The lowest BCUT2D eigenvalue weighted by molar-refractivity contribution is -0.0313. The Balaban J connectivity index is 3.10. The summed E-state index contributed by atoms with van der Waals surface area (Å²) in [6.07, 6.45) is 1.03. The number of rotatable bonds is 0. The van der Waals surface area contributed by atoms with Gasteiger partial charge in [-0.05, 0) is 22.7 Å². The van der Waals surface area contributed by atoms with E-state index >= 15 is 0 Å². The van der Waals surface area contributed by atoms with E-state index < -0.39 is 0 Å². The zero-order chi connectivity index (χ0) is 12.6. The van der Waals surface area contributed by atoms with Crippen molar-refractivity contribution in [2.45, 2.75) is 48.0 Å². The summed E-state index contributed by atoms with van der Waals surface area (Å²) in [5.74, 6) is 0. The van der Waals surface area contributed by atoms with Crippen molar-refractivity contribution in [1.82, 2.24) is 10.6 Å². The van der Waals surface area contributed by atoms with Crippen LogP contribution >= 0.6 is 0 Å². The van der Waals surface area contributed by atoms with Gasteiger partial charge in [0.2, 0.25) is 0 Å². The van der Waals surface area contributed by atoms with Gasteiger partial charge in [0.25, 0.3) is 0 Å². The molecule has 1 aliphatic heterocycles. The smallest absolute Gasteiger partial charge is 0.314 e. The van der Waals surface area contributed by atoms with Gasteiger partial charge in [-0.2, -0.15) is 0 Å². The molecule has 1 saturated heterocycles. The van der Waals surface area contributed by atoms with Gasteiger partial charge in [0.1, 0.15) is 0 Å². The second kappa shape index (κ2) is 3.94. The molecule has 1 heterocycles. The van der Waals surface area contributed by atoms with Crippen LogP contribution in [-0.2, 0) is 0 Å². The molecule has 94 valence electrons. The average molecular weight is 226 g/mol. The predicted octanol–water partition coefficient (Wildman–Crippen LogP) is 2.77. The molecule has 0 aliphatic carbocycles. The molecule has 0 aromatic carbocycles. The first-order valence-electron chi connectivity index (χ1n) is 6.12. The standard InChI is InChI=1S/C13H26N2O/c1-11(2,3)13(12(4,5)6)7-8-14-10(16)15-9-13/h7-9H2,1-6H3,(H2,14,15,16). The molecule has 3 nitrogen and oxygen atoms in total. The highest BCUT2D eigenvalue weighted by atomic mass is 16.2. The van der Waals surface area contributed by atoms with Crippen LogP contribution in [0.15, 0.2) is 0 Å². The van der Waals surface area contributed by atoms with E-state index in [0.717, 1.165) is 19.5 Å². The highest BCUT2D eigenvalue weighted by Gasteiger charge is 2.50. The summed E-state index contributed by atoms with van der Waals surface area (Å²) in [4.78, 5) is 11.4. The molecule has 0 unspecified atom stereocenters. The Bertz CT molecular complexity index is 257. The van der Waals surface area contributed by atoms with Gasteiger partial charge in [0, 0.05) is 13.1 Å². The van der Waals surface area contributed by atoms with E-state index in [1.165, 1.54) is 0 Å². The fraction of sp³-hybridized carbons (Fsp3) is 0.923. The molecule has 3 heteroatoms. The Hall–Kier alpha value is -0.730. The van der Waals surface area contributed by atoms with Crippen molar-refractivity contribution in [2.24, 2.45) is 16.2 Å².